The largest absolute Gasteiger partial charge is 0.462 e. The summed E-state index contributed by atoms with van der Waals surface area (Å²) in [5.74, 6) is -0.518. The Labute approximate surface area is 190 Å². The molecule has 0 spiro atoms. The van der Waals surface area contributed by atoms with Crippen LogP contribution in [0.3, 0.4) is 0 Å². The summed E-state index contributed by atoms with van der Waals surface area (Å²) < 4.78 is 6.87. The van der Waals surface area contributed by atoms with E-state index in [1.165, 1.54) is 36.4 Å². The number of benzene rings is 3. The normalized spacial score (nSPS) is 11.3. The quantitative estimate of drug-likeness (QED) is 0.322. The fourth-order valence-electron chi connectivity index (χ4n) is 4.03. The number of carbonyl (C=O) groups is 1. The highest BCUT2D eigenvalue weighted by atomic mass is 16.5. The summed E-state index contributed by atoms with van der Waals surface area (Å²) in [6.07, 6.45) is 0. The summed E-state index contributed by atoms with van der Waals surface area (Å²) >= 11 is 0. The first kappa shape index (κ1) is 21.1. The van der Waals surface area contributed by atoms with Gasteiger partial charge in [0.1, 0.15) is 0 Å². The highest BCUT2D eigenvalue weighted by Crippen LogP contribution is 2.18. The number of anilines is 1. The van der Waals surface area contributed by atoms with Crippen LogP contribution in [0.5, 0.6) is 0 Å². The van der Waals surface area contributed by atoms with Gasteiger partial charge in [0.15, 0.2) is 0 Å². The van der Waals surface area contributed by atoms with Crippen LogP contribution < -0.4 is 28.0 Å². The number of hydrogen-bond acceptors (Lipinski definition) is 7. The van der Waals surface area contributed by atoms with E-state index in [0.717, 1.165) is 9.13 Å². The van der Waals surface area contributed by atoms with Crippen molar-refractivity contribution in [2.75, 3.05) is 12.3 Å². The molecular formula is C25H17N3O6. The van der Waals surface area contributed by atoms with Crippen LogP contribution >= 0.6 is 0 Å². The minimum atomic E-state index is -0.627. The second-order valence-electron chi connectivity index (χ2n) is 7.69. The van der Waals surface area contributed by atoms with Crippen LogP contribution in [0.1, 0.15) is 17.3 Å². The van der Waals surface area contributed by atoms with Crippen molar-refractivity contribution < 1.29 is 9.53 Å². The Morgan fingerprint density at radius 3 is 1.47 bits per heavy atom. The van der Waals surface area contributed by atoms with E-state index in [1.54, 1.807) is 31.2 Å². The molecule has 0 aliphatic rings. The average molecular weight is 455 g/mol. The van der Waals surface area contributed by atoms with Gasteiger partial charge in [-0.05, 0) is 67.6 Å². The SMILES string of the molecule is CCOC(=O)c1ccc(-n2c(=O)c3cc4c(=O)n(-c5ccc(N)cc5)c(=O)c4cc3c2=O)cc1. The minimum Gasteiger partial charge on any atom is -0.462 e. The number of fused-ring (bicyclic) bond motifs is 2. The van der Waals surface area contributed by atoms with E-state index in [9.17, 15) is 24.0 Å². The Morgan fingerprint density at radius 1 is 0.706 bits per heavy atom. The monoisotopic (exact) mass is 455 g/mol. The molecule has 0 fully saturated rings. The molecule has 168 valence electrons. The van der Waals surface area contributed by atoms with E-state index in [-0.39, 0.29) is 39.4 Å². The number of hydrogen-bond donors (Lipinski definition) is 1. The Balaban J connectivity index is 1.70. The molecule has 5 aromatic rings. The number of ether oxygens (including phenoxy) is 1. The first-order valence-corrected chi connectivity index (χ1v) is 10.4. The molecule has 9 nitrogen and oxygen atoms in total. The molecule has 0 saturated heterocycles. The molecule has 0 amide bonds. The summed E-state index contributed by atoms with van der Waals surface area (Å²) in [7, 11) is 0. The molecule has 0 saturated carbocycles. The molecule has 0 bridgehead atoms. The van der Waals surface area contributed by atoms with Gasteiger partial charge in [-0.2, -0.15) is 0 Å². The summed E-state index contributed by atoms with van der Waals surface area (Å²) in [6, 6.07) is 14.6. The van der Waals surface area contributed by atoms with Crippen LogP contribution in [-0.2, 0) is 4.74 Å². The number of nitrogens with zero attached hydrogens (tertiary/aromatic N) is 2. The van der Waals surface area contributed by atoms with Crippen molar-refractivity contribution in [3.63, 3.8) is 0 Å². The zero-order chi connectivity index (χ0) is 24.1. The Kier molecular flexibility index (Phi) is 4.75. The topological polar surface area (TPSA) is 130 Å². The van der Waals surface area contributed by atoms with E-state index in [0.29, 0.717) is 11.4 Å². The van der Waals surface area contributed by atoms with Gasteiger partial charge in [0.25, 0.3) is 22.2 Å². The van der Waals surface area contributed by atoms with E-state index < -0.39 is 28.2 Å². The van der Waals surface area contributed by atoms with Crippen LogP contribution in [0.2, 0.25) is 0 Å². The third-order valence-electron chi connectivity index (χ3n) is 5.68. The Hall–Kier alpha value is -4.79. The highest BCUT2D eigenvalue weighted by Gasteiger charge is 2.21. The van der Waals surface area contributed by atoms with Gasteiger partial charge in [-0.3, -0.25) is 19.2 Å². The molecule has 2 heterocycles. The van der Waals surface area contributed by atoms with E-state index in [1.807, 2.05) is 0 Å². The Bertz CT molecular complexity index is 1720. The van der Waals surface area contributed by atoms with Crippen molar-refractivity contribution in [2.24, 2.45) is 0 Å². The fraction of sp³-hybridized carbons (Fsp3) is 0.0800. The van der Waals surface area contributed by atoms with Crippen molar-refractivity contribution in [3.8, 4) is 11.4 Å². The third kappa shape index (κ3) is 3.06. The highest BCUT2D eigenvalue weighted by molar-refractivity contribution is 5.98. The second kappa shape index (κ2) is 7.66. The Morgan fingerprint density at radius 2 is 1.09 bits per heavy atom. The maximum absolute atomic E-state index is 13.1. The van der Waals surface area contributed by atoms with Crippen molar-refractivity contribution in [1.29, 1.82) is 0 Å². The lowest BCUT2D eigenvalue weighted by molar-refractivity contribution is 0.0526. The zero-order valence-corrected chi connectivity index (χ0v) is 17.9. The minimum absolute atomic E-state index is 0.0264. The van der Waals surface area contributed by atoms with E-state index in [4.69, 9.17) is 10.5 Å². The summed E-state index contributed by atoms with van der Waals surface area (Å²) in [5, 5.41) is 0.138. The van der Waals surface area contributed by atoms with Crippen LogP contribution in [0.25, 0.3) is 32.9 Å². The molecular weight excluding hydrogens is 438 g/mol. The predicted octanol–water partition coefficient (Wildman–Crippen LogP) is 1.65. The van der Waals surface area contributed by atoms with Crippen LogP contribution in [-0.4, -0.2) is 21.7 Å². The van der Waals surface area contributed by atoms with E-state index >= 15 is 0 Å². The standard InChI is InChI=1S/C25H17N3O6/c1-2-34-25(33)13-3-7-15(8-4-13)27-21(29)17-11-19-20(12-18(17)22(27)30)24(32)28(23(19)31)16-9-5-14(26)6-10-16/h3-12H,2,26H2,1H3. The molecule has 9 heteroatoms. The zero-order valence-electron chi connectivity index (χ0n) is 17.9. The van der Waals surface area contributed by atoms with Gasteiger partial charge in [0, 0.05) is 5.69 Å². The first-order valence-electron chi connectivity index (χ1n) is 10.4. The van der Waals surface area contributed by atoms with Gasteiger partial charge in [-0.25, -0.2) is 13.9 Å². The molecule has 0 aliphatic heterocycles. The second-order valence-corrected chi connectivity index (χ2v) is 7.69. The molecule has 34 heavy (non-hydrogen) atoms. The molecule has 0 radical (unpaired) electrons. The van der Waals surface area contributed by atoms with Gasteiger partial charge in [0.2, 0.25) is 0 Å². The molecule has 0 unspecified atom stereocenters. The molecule has 3 aromatic carbocycles. The van der Waals surface area contributed by atoms with Crippen molar-refractivity contribution in [2.45, 2.75) is 6.92 Å². The van der Waals surface area contributed by atoms with Gasteiger partial charge in [-0.15, -0.1) is 0 Å². The number of rotatable bonds is 4. The van der Waals surface area contributed by atoms with Crippen LogP contribution in [0, 0.1) is 0 Å². The maximum atomic E-state index is 13.1. The predicted molar refractivity (Wildman–Crippen MR) is 128 cm³/mol. The molecule has 5 rings (SSSR count). The number of aromatic nitrogens is 2. The van der Waals surface area contributed by atoms with Crippen LogP contribution in [0.4, 0.5) is 5.69 Å². The lowest BCUT2D eigenvalue weighted by Gasteiger charge is -2.03. The number of nitrogens with two attached hydrogens (primary N) is 1. The van der Waals surface area contributed by atoms with Gasteiger partial charge in [0.05, 0.1) is 45.1 Å². The number of carbonyl (C=O) groups excluding carboxylic acids is 1. The number of esters is 1. The van der Waals surface area contributed by atoms with Gasteiger partial charge in [-0.1, -0.05) is 0 Å². The smallest absolute Gasteiger partial charge is 0.338 e. The van der Waals surface area contributed by atoms with Gasteiger partial charge < -0.3 is 10.5 Å². The summed E-state index contributed by atoms with van der Waals surface area (Å²) in [5.41, 5.74) is 4.58. The summed E-state index contributed by atoms with van der Waals surface area (Å²) in [4.78, 5) is 64.1. The maximum Gasteiger partial charge on any atom is 0.338 e. The fourth-order valence-corrected chi connectivity index (χ4v) is 4.03. The molecule has 2 aromatic heterocycles. The lowest BCUT2D eigenvalue weighted by Crippen LogP contribution is -2.24. The third-order valence-corrected chi connectivity index (χ3v) is 5.68. The van der Waals surface area contributed by atoms with Crippen molar-refractivity contribution in [1.82, 2.24) is 9.13 Å². The summed E-state index contributed by atoms with van der Waals surface area (Å²) in [6.45, 7) is 1.91. The number of nitrogen functional groups attached to an aromatic ring is 1. The van der Waals surface area contributed by atoms with Gasteiger partial charge >= 0.3 is 5.97 Å². The molecule has 2 N–H and O–H groups in total. The lowest BCUT2D eigenvalue weighted by atomic mass is 10.1. The average Bonchev–Trinajstić information content (AvgIpc) is 3.23. The van der Waals surface area contributed by atoms with Crippen molar-refractivity contribution >= 4 is 33.2 Å². The van der Waals surface area contributed by atoms with Crippen LogP contribution in [0.15, 0.2) is 79.8 Å². The van der Waals surface area contributed by atoms with E-state index in [2.05, 4.69) is 0 Å². The first-order chi connectivity index (χ1) is 16.3. The molecule has 0 atom stereocenters. The molecule has 0 aliphatic carbocycles. The van der Waals surface area contributed by atoms with Crippen molar-refractivity contribution in [3.05, 3.63) is 108 Å².